The Morgan fingerprint density at radius 1 is 0.216 bits per heavy atom. The van der Waals surface area contributed by atoms with Crippen molar-refractivity contribution in [1.82, 2.24) is 60.0 Å². The number of nitrogens with zero attached hydrogens (tertiary/aromatic N) is 12. The van der Waals surface area contributed by atoms with Crippen LogP contribution in [-0.4, -0.2) is 60.0 Å². The summed E-state index contributed by atoms with van der Waals surface area (Å²) >= 11 is 0. The van der Waals surface area contributed by atoms with Gasteiger partial charge in [-0.25, -0.2) is 0 Å². The molecule has 12 heteroatoms. The highest BCUT2D eigenvalue weighted by molar-refractivity contribution is 6.23. The topological polar surface area (TPSA) is 123 Å². The fourth-order valence-electron chi connectivity index (χ4n) is 11.3. The summed E-state index contributed by atoms with van der Waals surface area (Å²) in [5.74, 6) is 0. The molecule has 13 aromatic carbocycles. The van der Waals surface area contributed by atoms with E-state index >= 15 is 0 Å². The van der Waals surface area contributed by atoms with E-state index in [1.54, 1.807) is 19.2 Å². The Morgan fingerprint density at radius 2 is 0.523 bits per heavy atom. The summed E-state index contributed by atoms with van der Waals surface area (Å²) in [5.41, 5.74) is 20.1. The zero-order valence-electron chi connectivity index (χ0n) is 49.4. The SMILES string of the molecule is C.Cc1ccc(-n2nc3c4ccccc4c4ccccc4c3n2)cc1.Cc1ccc(-n2nc3cc(C)c4cc5ccccc5cc4c3n2)cc1.Cc1ccc(-n2nc3cc(C)c4ccccc4c3n2)cc1.Cc1ccc(-n2nc3ccc(C)cc3n2)cc1. The zero-order valence-corrected chi connectivity index (χ0v) is 49.4. The van der Waals surface area contributed by atoms with E-state index < -0.39 is 0 Å². The van der Waals surface area contributed by atoms with E-state index in [1.807, 2.05) is 42.5 Å². The number of benzene rings is 13. The van der Waals surface area contributed by atoms with Gasteiger partial charge in [0.25, 0.3) is 0 Å². The van der Waals surface area contributed by atoms with Crippen LogP contribution in [0.3, 0.4) is 0 Å². The van der Waals surface area contributed by atoms with Crippen LogP contribution < -0.4 is 0 Å². The van der Waals surface area contributed by atoms with E-state index in [4.69, 9.17) is 20.4 Å². The van der Waals surface area contributed by atoms with Gasteiger partial charge in [-0.2, -0.15) is 19.2 Å². The predicted molar refractivity (Wildman–Crippen MR) is 363 cm³/mol. The number of aromatic nitrogens is 12. The Kier molecular flexibility index (Phi) is 14.8. The van der Waals surface area contributed by atoms with Gasteiger partial charge in [-0.15, -0.1) is 40.8 Å². The Bertz CT molecular complexity index is 5330. The van der Waals surface area contributed by atoms with Gasteiger partial charge in [0.2, 0.25) is 0 Å². The van der Waals surface area contributed by atoms with Crippen molar-refractivity contribution in [3.8, 4) is 22.7 Å². The van der Waals surface area contributed by atoms with Crippen LogP contribution in [-0.2, 0) is 0 Å². The first kappa shape index (κ1) is 55.9. The summed E-state index contributed by atoms with van der Waals surface area (Å²) in [5, 5.41) is 49.3. The average Bonchev–Trinajstić information content (AvgIpc) is 1.87. The fourth-order valence-corrected chi connectivity index (χ4v) is 11.3. The molecule has 0 radical (unpaired) electrons. The van der Waals surface area contributed by atoms with Crippen molar-refractivity contribution in [3.05, 3.63) is 276 Å². The average molecular weight is 1150 g/mol. The molecule has 428 valence electrons. The molecule has 0 saturated heterocycles. The van der Waals surface area contributed by atoms with E-state index in [-0.39, 0.29) is 7.43 Å². The van der Waals surface area contributed by atoms with E-state index in [2.05, 4.69) is 263 Å². The van der Waals surface area contributed by atoms with Crippen molar-refractivity contribution in [2.24, 2.45) is 0 Å². The van der Waals surface area contributed by atoms with Gasteiger partial charge in [-0.1, -0.05) is 181 Å². The van der Waals surface area contributed by atoms with Crippen molar-refractivity contribution < 1.29 is 0 Å². The van der Waals surface area contributed by atoms with Gasteiger partial charge < -0.3 is 0 Å². The van der Waals surface area contributed by atoms with Crippen LogP contribution in [0.15, 0.2) is 237 Å². The quantitative estimate of drug-likeness (QED) is 0.126. The molecule has 0 N–H and O–H groups in total. The summed E-state index contributed by atoms with van der Waals surface area (Å²) in [7, 11) is 0. The number of hydrogen-bond acceptors (Lipinski definition) is 8. The molecule has 12 nitrogen and oxygen atoms in total. The number of hydrogen-bond donors (Lipinski definition) is 0. The molecule has 4 heterocycles. The van der Waals surface area contributed by atoms with Gasteiger partial charge in [0.05, 0.1) is 22.7 Å². The maximum absolute atomic E-state index is 4.80. The molecule has 17 aromatic rings. The molecule has 17 rings (SSSR count). The number of rotatable bonds is 4. The Hall–Kier alpha value is -11.2. The first-order chi connectivity index (χ1) is 42.4. The second kappa shape index (κ2) is 23.3. The van der Waals surface area contributed by atoms with Crippen LogP contribution in [0.5, 0.6) is 0 Å². The van der Waals surface area contributed by atoms with Gasteiger partial charge in [0.1, 0.15) is 44.1 Å². The van der Waals surface area contributed by atoms with Crippen molar-refractivity contribution in [3.63, 3.8) is 0 Å². The molecule has 0 atom stereocenters. The molecule has 0 unspecified atom stereocenters. The third kappa shape index (κ3) is 10.8. The minimum Gasteiger partial charge on any atom is -0.150 e. The van der Waals surface area contributed by atoms with E-state index in [0.29, 0.717) is 0 Å². The molecule has 0 aliphatic heterocycles. The molecule has 0 aliphatic carbocycles. The minimum absolute atomic E-state index is 0. The maximum Gasteiger partial charge on any atom is 0.122 e. The van der Waals surface area contributed by atoms with E-state index in [1.165, 1.54) is 71.3 Å². The van der Waals surface area contributed by atoms with Gasteiger partial charge in [0.15, 0.2) is 0 Å². The molecular formula is C76H64N12. The van der Waals surface area contributed by atoms with Crippen molar-refractivity contribution in [2.45, 2.75) is 55.9 Å². The van der Waals surface area contributed by atoms with Crippen molar-refractivity contribution in [2.75, 3.05) is 0 Å². The molecule has 0 aliphatic rings. The Labute approximate surface area is 509 Å². The highest BCUT2D eigenvalue weighted by Gasteiger charge is 2.16. The molecule has 0 spiro atoms. The predicted octanol–water partition coefficient (Wildman–Crippen LogP) is 18.2. The standard InChI is InChI=1S/C22H17N3.C21H15N3.C18H15N3.C14H13N3.CH4/c1-14-7-9-18(10-8-14)25-23-21-11-15(2)19-12-16-5-3-4-6-17(16)13-20(19)22(21)24-25;1-14-10-12-15(13-11-14)24-22-20-18-8-4-2-6-16(18)17-7-3-5-9-19(17)21(20)23-24;1-12-7-9-14(10-8-12)21-19-17-11-13(2)15-5-3-4-6-16(15)18(17)20-21;1-10-3-6-12(7-4-10)17-15-13-8-5-11(2)9-14(13)16-17;/h3-13H,1-2H3;2-13H,1H3;3-11H,1-2H3;3-9H,1-2H3;1H4. The molecular weight excluding hydrogens is 1080 g/mol. The van der Waals surface area contributed by atoms with Gasteiger partial charge in [0, 0.05) is 21.5 Å². The second-order valence-electron chi connectivity index (χ2n) is 22.5. The third-order valence-electron chi connectivity index (χ3n) is 16.0. The third-order valence-corrected chi connectivity index (χ3v) is 16.0. The van der Waals surface area contributed by atoms with Crippen LogP contribution in [0, 0.1) is 48.5 Å². The van der Waals surface area contributed by atoms with Crippen molar-refractivity contribution >= 4 is 98.0 Å². The second-order valence-corrected chi connectivity index (χ2v) is 22.5. The molecule has 88 heavy (non-hydrogen) atoms. The highest BCUT2D eigenvalue weighted by Crippen LogP contribution is 2.35. The van der Waals surface area contributed by atoms with E-state index in [0.717, 1.165) is 88.4 Å². The highest BCUT2D eigenvalue weighted by atomic mass is 15.5. The summed E-state index contributed by atoms with van der Waals surface area (Å²) in [4.78, 5) is 6.88. The van der Waals surface area contributed by atoms with Crippen LogP contribution in [0.4, 0.5) is 0 Å². The molecule has 0 amide bonds. The smallest absolute Gasteiger partial charge is 0.122 e. The van der Waals surface area contributed by atoms with Crippen LogP contribution >= 0.6 is 0 Å². The van der Waals surface area contributed by atoms with Gasteiger partial charge in [-0.05, 0) is 182 Å². The lowest BCUT2D eigenvalue weighted by atomic mass is 9.99. The van der Waals surface area contributed by atoms with Crippen LogP contribution in [0.2, 0.25) is 0 Å². The zero-order chi connectivity index (χ0) is 59.3. The normalized spacial score (nSPS) is 11.3. The first-order valence-electron chi connectivity index (χ1n) is 29.2. The minimum atomic E-state index is 0. The molecule has 0 bridgehead atoms. The molecule has 0 saturated carbocycles. The summed E-state index contributed by atoms with van der Waals surface area (Å²) in [6, 6.07) is 81.4. The van der Waals surface area contributed by atoms with Crippen LogP contribution in [0.1, 0.15) is 46.4 Å². The lowest BCUT2D eigenvalue weighted by Gasteiger charge is -2.05. The largest absolute Gasteiger partial charge is 0.150 e. The Morgan fingerprint density at radius 3 is 0.977 bits per heavy atom. The van der Waals surface area contributed by atoms with Gasteiger partial charge >= 0.3 is 0 Å². The summed E-state index contributed by atoms with van der Waals surface area (Å²) in [6.07, 6.45) is 0. The monoisotopic (exact) mass is 1140 g/mol. The lowest BCUT2D eigenvalue weighted by molar-refractivity contribution is 0.765. The van der Waals surface area contributed by atoms with Crippen LogP contribution in [0.25, 0.3) is 121 Å². The van der Waals surface area contributed by atoms with Crippen molar-refractivity contribution in [1.29, 1.82) is 0 Å². The Balaban J connectivity index is 0.000000109. The number of fused-ring (bicyclic) bond motifs is 14. The summed E-state index contributed by atoms with van der Waals surface area (Å²) < 4.78 is 0. The van der Waals surface area contributed by atoms with Gasteiger partial charge in [-0.3, -0.25) is 0 Å². The first-order valence-corrected chi connectivity index (χ1v) is 29.2. The number of aryl methyl sites for hydroxylation is 7. The molecule has 4 aromatic heterocycles. The molecule has 0 fully saturated rings. The maximum atomic E-state index is 4.80. The summed E-state index contributed by atoms with van der Waals surface area (Å²) in [6.45, 7) is 14.6. The fraction of sp³-hybridized carbons (Fsp3) is 0.105. The van der Waals surface area contributed by atoms with E-state index in [9.17, 15) is 0 Å². The lowest BCUT2D eigenvalue weighted by Crippen LogP contribution is -1.97.